The molecule has 0 saturated carbocycles. The molecule has 0 saturated heterocycles. The molecule has 1 aliphatic carbocycles. The van der Waals surface area contributed by atoms with Crippen LogP contribution in [0.2, 0.25) is 0 Å². The van der Waals surface area contributed by atoms with Gasteiger partial charge in [0, 0.05) is 12.2 Å². The van der Waals surface area contributed by atoms with Gasteiger partial charge in [-0.2, -0.15) is 0 Å². The molecule has 0 radical (unpaired) electrons. The van der Waals surface area contributed by atoms with E-state index in [2.05, 4.69) is 21.8 Å². The van der Waals surface area contributed by atoms with Crippen molar-refractivity contribution in [3.63, 3.8) is 0 Å². The first-order chi connectivity index (χ1) is 9.76. The zero-order chi connectivity index (χ0) is 14.4. The third kappa shape index (κ3) is 3.60. The first kappa shape index (κ1) is 15.0. The number of methoxy groups -OCH3 is 1. The molecule has 112 valence electrons. The molecule has 1 aliphatic rings. The Hall–Kier alpha value is -1.36. The SMILES string of the molecule is CCCNC(CCn1cnc2c1CCCC2)C(=O)OC. The lowest BCUT2D eigenvalue weighted by Crippen LogP contribution is -2.39. The van der Waals surface area contributed by atoms with Gasteiger partial charge < -0.3 is 14.6 Å². The summed E-state index contributed by atoms with van der Waals surface area (Å²) in [6, 6.07) is -0.221. The van der Waals surface area contributed by atoms with E-state index < -0.39 is 0 Å². The van der Waals surface area contributed by atoms with Crippen LogP contribution >= 0.6 is 0 Å². The van der Waals surface area contributed by atoms with E-state index in [9.17, 15) is 4.79 Å². The summed E-state index contributed by atoms with van der Waals surface area (Å²) in [5.74, 6) is -0.174. The molecule has 1 atom stereocenters. The fourth-order valence-corrected chi connectivity index (χ4v) is 2.76. The number of fused-ring (bicyclic) bond motifs is 1. The summed E-state index contributed by atoms with van der Waals surface area (Å²) in [7, 11) is 1.45. The second-order valence-electron chi connectivity index (χ2n) is 5.36. The lowest BCUT2D eigenvalue weighted by atomic mass is 10.0. The summed E-state index contributed by atoms with van der Waals surface area (Å²) >= 11 is 0. The Morgan fingerprint density at radius 1 is 1.50 bits per heavy atom. The lowest BCUT2D eigenvalue weighted by molar-refractivity contribution is -0.143. The highest BCUT2D eigenvalue weighted by atomic mass is 16.5. The molecule has 1 unspecified atom stereocenters. The van der Waals surface area contributed by atoms with Crippen molar-refractivity contribution in [1.29, 1.82) is 0 Å². The molecule has 0 aromatic carbocycles. The van der Waals surface area contributed by atoms with Crippen LogP contribution in [0.1, 0.15) is 44.0 Å². The fourth-order valence-electron chi connectivity index (χ4n) is 2.76. The number of hydrogen-bond acceptors (Lipinski definition) is 4. The van der Waals surface area contributed by atoms with Crippen LogP contribution in [0.15, 0.2) is 6.33 Å². The van der Waals surface area contributed by atoms with Crippen LogP contribution < -0.4 is 5.32 Å². The minimum Gasteiger partial charge on any atom is -0.468 e. The number of aryl methyl sites for hydroxylation is 2. The number of ether oxygens (including phenoxy) is 1. The molecule has 1 heterocycles. The van der Waals surface area contributed by atoms with E-state index in [1.807, 2.05) is 6.33 Å². The van der Waals surface area contributed by atoms with Crippen molar-refractivity contribution in [2.45, 2.75) is 58.0 Å². The molecule has 5 heteroatoms. The molecule has 1 aromatic rings. The van der Waals surface area contributed by atoms with Crippen LogP contribution in [0.4, 0.5) is 0 Å². The third-order valence-electron chi connectivity index (χ3n) is 3.90. The number of aromatic nitrogens is 2. The van der Waals surface area contributed by atoms with Gasteiger partial charge in [-0.3, -0.25) is 4.79 Å². The molecule has 2 rings (SSSR count). The molecule has 0 bridgehead atoms. The first-order valence-electron chi connectivity index (χ1n) is 7.60. The molecular formula is C15H25N3O2. The number of hydrogen-bond donors (Lipinski definition) is 1. The third-order valence-corrected chi connectivity index (χ3v) is 3.90. The average molecular weight is 279 g/mol. The Labute approximate surface area is 120 Å². The van der Waals surface area contributed by atoms with Gasteiger partial charge in [-0.1, -0.05) is 6.92 Å². The van der Waals surface area contributed by atoms with Crippen LogP contribution in [0.5, 0.6) is 0 Å². The number of imidazole rings is 1. The van der Waals surface area contributed by atoms with Crippen molar-refractivity contribution < 1.29 is 9.53 Å². The molecular weight excluding hydrogens is 254 g/mol. The highest BCUT2D eigenvalue weighted by molar-refractivity contribution is 5.75. The number of carbonyl (C=O) groups excluding carboxylic acids is 1. The summed E-state index contributed by atoms with van der Waals surface area (Å²) in [5.41, 5.74) is 2.60. The van der Waals surface area contributed by atoms with Gasteiger partial charge in [-0.05, 0) is 45.1 Å². The smallest absolute Gasteiger partial charge is 0.322 e. The van der Waals surface area contributed by atoms with Crippen molar-refractivity contribution in [3.05, 3.63) is 17.7 Å². The van der Waals surface area contributed by atoms with E-state index in [1.54, 1.807) is 0 Å². The molecule has 20 heavy (non-hydrogen) atoms. The van der Waals surface area contributed by atoms with E-state index in [4.69, 9.17) is 4.74 Å². The molecule has 5 nitrogen and oxygen atoms in total. The Bertz CT molecular complexity index is 442. The maximum Gasteiger partial charge on any atom is 0.322 e. The van der Waals surface area contributed by atoms with Crippen molar-refractivity contribution >= 4 is 5.97 Å². The number of esters is 1. The average Bonchev–Trinajstić information content (AvgIpc) is 2.90. The second-order valence-corrected chi connectivity index (χ2v) is 5.36. The fraction of sp³-hybridized carbons (Fsp3) is 0.733. The van der Waals surface area contributed by atoms with Gasteiger partial charge in [0.15, 0.2) is 0 Å². The van der Waals surface area contributed by atoms with E-state index in [0.717, 1.165) is 38.8 Å². The molecule has 0 amide bonds. The predicted molar refractivity (Wildman–Crippen MR) is 77.6 cm³/mol. The quantitative estimate of drug-likeness (QED) is 0.772. The van der Waals surface area contributed by atoms with Gasteiger partial charge in [0.05, 0.1) is 19.1 Å². The van der Waals surface area contributed by atoms with Crippen molar-refractivity contribution in [1.82, 2.24) is 14.9 Å². The number of nitrogens with one attached hydrogen (secondary N) is 1. The van der Waals surface area contributed by atoms with Gasteiger partial charge in [0.1, 0.15) is 6.04 Å². The normalized spacial score (nSPS) is 15.7. The predicted octanol–water partition coefficient (Wildman–Crippen LogP) is 1.69. The van der Waals surface area contributed by atoms with E-state index in [0.29, 0.717) is 0 Å². The Morgan fingerprint density at radius 2 is 2.30 bits per heavy atom. The van der Waals surface area contributed by atoms with Crippen LogP contribution in [-0.2, 0) is 28.9 Å². The highest BCUT2D eigenvalue weighted by Crippen LogP contribution is 2.20. The molecule has 1 aromatic heterocycles. The van der Waals surface area contributed by atoms with Gasteiger partial charge in [0.2, 0.25) is 0 Å². The van der Waals surface area contributed by atoms with Crippen molar-refractivity contribution in [3.8, 4) is 0 Å². The molecule has 0 spiro atoms. The Balaban J connectivity index is 1.94. The van der Waals surface area contributed by atoms with Crippen LogP contribution in [-0.4, -0.2) is 35.2 Å². The van der Waals surface area contributed by atoms with E-state index in [-0.39, 0.29) is 12.0 Å². The van der Waals surface area contributed by atoms with Crippen LogP contribution in [0.3, 0.4) is 0 Å². The van der Waals surface area contributed by atoms with Gasteiger partial charge >= 0.3 is 5.97 Å². The zero-order valence-corrected chi connectivity index (χ0v) is 12.5. The van der Waals surface area contributed by atoms with E-state index in [1.165, 1.54) is 31.3 Å². The monoisotopic (exact) mass is 279 g/mol. The lowest BCUT2D eigenvalue weighted by Gasteiger charge is -2.18. The second kappa shape index (κ2) is 7.43. The summed E-state index contributed by atoms with van der Waals surface area (Å²) in [5, 5.41) is 3.25. The highest BCUT2D eigenvalue weighted by Gasteiger charge is 2.20. The maximum atomic E-state index is 11.8. The Kier molecular flexibility index (Phi) is 5.59. The molecule has 0 aliphatic heterocycles. The summed E-state index contributed by atoms with van der Waals surface area (Å²) in [6.45, 7) is 3.74. The van der Waals surface area contributed by atoms with Gasteiger partial charge in [-0.25, -0.2) is 4.98 Å². The summed E-state index contributed by atoms with van der Waals surface area (Å²) in [4.78, 5) is 16.2. The maximum absolute atomic E-state index is 11.8. The molecule has 1 N–H and O–H groups in total. The molecule has 0 fully saturated rings. The summed E-state index contributed by atoms with van der Waals surface area (Å²) in [6.07, 6.45) is 8.37. The number of carbonyl (C=O) groups is 1. The Morgan fingerprint density at radius 3 is 3.05 bits per heavy atom. The van der Waals surface area contributed by atoms with Gasteiger partial charge in [0.25, 0.3) is 0 Å². The van der Waals surface area contributed by atoms with Gasteiger partial charge in [-0.15, -0.1) is 0 Å². The first-order valence-corrected chi connectivity index (χ1v) is 7.60. The van der Waals surface area contributed by atoms with Crippen LogP contribution in [0.25, 0.3) is 0 Å². The van der Waals surface area contributed by atoms with Crippen molar-refractivity contribution in [2.75, 3.05) is 13.7 Å². The van der Waals surface area contributed by atoms with Crippen molar-refractivity contribution in [2.24, 2.45) is 0 Å². The number of rotatable bonds is 7. The topological polar surface area (TPSA) is 56.2 Å². The largest absolute Gasteiger partial charge is 0.468 e. The minimum absolute atomic E-state index is 0.174. The summed E-state index contributed by atoms with van der Waals surface area (Å²) < 4.78 is 7.07. The van der Waals surface area contributed by atoms with Crippen LogP contribution in [0, 0.1) is 0 Å². The number of nitrogens with zero attached hydrogens (tertiary/aromatic N) is 2. The zero-order valence-electron chi connectivity index (χ0n) is 12.5. The minimum atomic E-state index is -0.221. The van der Waals surface area contributed by atoms with E-state index >= 15 is 0 Å². The standard InChI is InChI=1S/C15H25N3O2/c1-3-9-16-13(15(19)20-2)8-10-18-11-17-12-6-4-5-7-14(12)18/h11,13,16H,3-10H2,1-2H3.